The van der Waals surface area contributed by atoms with Crippen molar-refractivity contribution in [2.45, 2.75) is 55.7 Å². The molecule has 0 bridgehead atoms. The van der Waals surface area contributed by atoms with Gasteiger partial charge in [-0.05, 0) is 56.9 Å². The fourth-order valence-corrected chi connectivity index (χ4v) is 5.22. The van der Waals surface area contributed by atoms with Crippen molar-refractivity contribution in [3.8, 4) is 0 Å². The molecule has 8 nitrogen and oxygen atoms in total. The van der Waals surface area contributed by atoms with Crippen molar-refractivity contribution in [1.82, 2.24) is 15.3 Å². The molecule has 2 aliphatic rings. The first kappa shape index (κ1) is 25.4. The Morgan fingerprint density at radius 2 is 1.97 bits per heavy atom. The van der Waals surface area contributed by atoms with Crippen LogP contribution in [0.15, 0.2) is 47.4 Å². The molecule has 1 saturated carbocycles. The maximum absolute atomic E-state index is 13.0. The summed E-state index contributed by atoms with van der Waals surface area (Å²) in [5.74, 6) is 0.621. The van der Waals surface area contributed by atoms with Crippen molar-refractivity contribution in [3.05, 3.63) is 53.9 Å². The molecule has 3 aromatic rings. The number of halogens is 1. The Bertz CT molecular complexity index is 1260. The topological polar surface area (TPSA) is 116 Å². The Hall–Kier alpha value is -2.72. The summed E-state index contributed by atoms with van der Waals surface area (Å²) in [7, 11) is 0. The van der Waals surface area contributed by atoms with Gasteiger partial charge in [-0.15, -0.1) is 24.2 Å². The first-order valence-corrected chi connectivity index (χ1v) is 12.4. The number of pyridine rings is 2. The lowest BCUT2D eigenvalue weighted by Crippen LogP contribution is -2.48. The largest absolute Gasteiger partial charge is 0.380 e. The zero-order chi connectivity index (χ0) is 23.7. The molecule has 5 rings (SSSR count). The van der Waals surface area contributed by atoms with Gasteiger partial charge in [-0.25, -0.2) is 4.98 Å². The molecule has 1 fully saturated rings. The predicted molar refractivity (Wildman–Crippen MR) is 140 cm³/mol. The van der Waals surface area contributed by atoms with Crippen LogP contribution in [0.4, 0.5) is 11.5 Å². The molecule has 2 aromatic heterocycles. The van der Waals surface area contributed by atoms with Crippen LogP contribution in [0.1, 0.15) is 37.1 Å². The van der Waals surface area contributed by atoms with Crippen LogP contribution in [0.5, 0.6) is 0 Å². The Kier molecular flexibility index (Phi) is 7.61. The highest BCUT2D eigenvalue weighted by Gasteiger charge is 2.40. The number of thioether (sulfide) groups is 1. The third-order valence-electron chi connectivity index (χ3n) is 6.45. The maximum Gasteiger partial charge on any atom is 0.256 e. The molecule has 0 spiro atoms. The van der Waals surface area contributed by atoms with Gasteiger partial charge in [-0.2, -0.15) is 0 Å². The average Bonchev–Trinajstić information content (AvgIpc) is 2.84. The van der Waals surface area contributed by atoms with Crippen molar-refractivity contribution >= 4 is 58.4 Å². The molecule has 1 aromatic carbocycles. The van der Waals surface area contributed by atoms with Crippen LogP contribution in [-0.2, 0) is 16.1 Å². The molecule has 0 unspecified atom stereocenters. The summed E-state index contributed by atoms with van der Waals surface area (Å²) < 4.78 is 0. The van der Waals surface area contributed by atoms with E-state index in [1.54, 1.807) is 0 Å². The molecule has 4 N–H and O–H groups in total. The molecule has 184 valence electrons. The predicted octanol–water partition coefficient (Wildman–Crippen LogP) is 3.81. The summed E-state index contributed by atoms with van der Waals surface area (Å²) in [4.78, 5) is 34.7. The number of rotatable bonds is 5. The summed E-state index contributed by atoms with van der Waals surface area (Å²) in [6.07, 6.45) is 2.10. The van der Waals surface area contributed by atoms with Crippen molar-refractivity contribution in [1.29, 1.82) is 0 Å². The van der Waals surface area contributed by atoms with Gasteiger partial charge in [0, 0.05) is 23.7 Å². The lowest BCUT2D eigenvalue weighted by atomic mass is 9.81. The second kappa shape index (κ2) is 10.5. The molecule has 0 saturated heterocycles. The molecular weight excluding hydrogens is 486 g/mol. The Balaban J connectivity index is 0.00000289. The van der Waals surface area contributed by atoms with E-state index < -0.39 is 5.60 Å². The number of hydrogen-bond donors (Lipinski definition) is 4. The second-order valence-corrected chi connectivity index (χ2v) is 9.97. The van der Waals surface area contributed by atoms with Crippen molar-refractivity contribution < 1.29 is 14.7 Å². The number of aromatic nitrogens is 2. The molecule has 0 radical (unpaired) electrons. The Morgan fingerprint density at radius 1 is 1.17 bits per heavy atom. The van der Waals surface area contributed by atoms with Crippen LogP contribution in [0.3, 0.4) is 0 Å². The highest BCUT2D eigenvalue weighted by Crippen LogP contribution is 2.32. The third kappa shape index (κ3) is 5.59. The number of carbonyl (C=O) groups is 2. The van der Waals surface area contributed by atoms with E-state index in [4.69, 9.17) is 0 Å². The molecule has 1 aliphatic heterocycles. The minimum atomic E-state index is -1.41. The lowest BCUT2D eigenvalue weighted by Gasteiger charge is -2.35. The Morgan fingerprint density at radius 3 is 2.77 bits per heavy atom. The minimum Gasteiger partial charge on any atom is -0.380 e. The van der Waals surface area contributed by atoms with Crippen LogP contribution in [0, 0.1) is 6.92 Å². The summed E-state index contributed by atoms with van der Waals surface area (Å²) >= 11 is 1.49. The summed E-state index contributed by atoms with van der Waals surface area (Å²) in [6.45, 7) is 2.47. The zero-order valence-electron chi connectivity index (χ0n) is 19.3. The zero-order valence-corrected chi connectivity index (χ0v) is 21.0. The minimum absolute atomic E-state index is 0. The van der Waals surface area contributed by atoms with Crippen molar-refractivity contribution in [2.75, 3.05) is 16.4 Å². The fraction of sp³-hybridized carbons (Fsp3) is 0.360. The maximum atomic E-state index is 13.0. The standard InChI is InChI=1S/C25H27N5O3S.ClH/c1-15-5-6-16-3-2-4-19(22(16)27-15)29-24(32)25(33)11-9-17(10-12-25)26-13-18-7-8-20-23(28-18)30-21(31)14-34-20;/h2-8,17,26,33H,9-14H2,1H3,(H,29,32)(H,28,30,31);1H/t17-,25+;. The highest BCUT2D eigenvalue weighted by molar-refractivity contribution is 8.00. The SMILES string of the molecule is Cc1ccc2cccc(NC(=O)[C@]3(O)CC[C@@H](NCc4ccc5c(n4)NC(=O)CS5)CC3)c2n1.Cl. The van der Waals surface area contributed by atoms with Gasteiger partial charge in [0.25, 0.3) is 5.91 Å². The number of anilines is 2. The number of benzene rings is 1. The van der Waals surface area contributed by atoms with Crippen LogP contribution in [-0.4, -0.2) is 44.3 Å². The number of aryl methyl sites for hydroxylation is 1. The first-order valence-electron chi connectivity index (χ1n) is 11.5. The van der Waals surface area contributed by atoms with Gasteiger partial charge in [0.05, 0.1) is 27.5 Å². The lowest BCUT2D eigenvalue weighted by molar-refractivity contribution is -0.137. The van der Waals surface area contributed by atoms with Crippen LogP contribution in [0.2, 0.25) is 0 Å². The monoisotopic (exact) mass is 513 g/mol. The first-order chi connectivity index (χ1) is 16.4. The number of amides is 2. The average molecular weight is 514 g/mol. The van der Waals surface area contributed by atoms with Gasteiger partial charge in [0.1, 0.15) is 11.4 Å². The van der Waals surface area contributed by atoms with E-state index in [2.05, 4.69) is 25.9 Å². The van der Waals surface area contributed by atoms with E-state index in [9.17, 15) is 14.7 Å². The number of nitrogens with one attached hydrogen (secondary N) is 3. The van der Waals surface area contributed by atoms with Crippen LogP contribution in [0.25, 0.3) is 10.9 Å². The van der Waals surface area contributed by atoms with Gasteiger partial charge in [-0.1, -0.05) is 18.2 Å². The quantitative estimate of drug-likeness (QED) is 0.410. The second-order valence-electron chi connectivity index (χ2n) is 8.96. The number of hydrogen-bond acceptors (Lipinski definition) is 7. The summed E-state index contributed by atoms with van der Waals surface area (Å²) in [5.41, 5.74) is 1.65. The summed E-state index contributed by atoms with van der Waals surface area (Å²) in [5, 5.41) is 21.2. The van der Waals surface area contributed by atoms with E-state index in [1.807, 2.05) is 49.4 Å². The molecule has 1 aliphatic carbocycles. The third-order valence-corrected chi connectivity index (χ3v) is 7.49. The number of nitrogens with zero attached hydrogens (tertiary/aromatic N) is 2. The van der Waals surface area contributed by atoms with Crippen molar-refractivity contribution in [3.63, 3.8) is 0 Å². The number of fused-ring (bicyclic) bond motifs is 2. The van der Waals surface area contributed by atoms with E-state index >= 15 is 0 Å². The molecule has 2 amide bonds. The van der Waals surface area contributed by atoms with E-state index in [0.29, 0.717) is 49.5 Å². The normalized spacial score (nSPS) is 21.5. The molecule has 35 heavy (non-hydrogen) atoms. The molecule has 3 heterocycles. The van der Waals surface area contributed by atoms with Gasteiger partial charge in [0.2, 0.25) is 5.91 Å². The number of carbonyl (C=O) groups excluding carboxylic acids is 2. The molecule has 10 heteroatoms. The van der Waals surface area contributed by atoms with Crippen LogP contribution >= 0.6 is 24.2 Å². The Labute approximate surface area is 214 Å². The number of aliphatic hydroxyl groups is 1. The van der Waals surface area contributed by atoms with Gasteiger partial charge in [-0.3, -0.25) is 14.6 Å². The van der Waals surface area contributed by atoms with E-state index in [1.165, 1.54) is 11.8 Å². The van der Waals surface area contributed by atoms with E-state index in [-0.39, 0.29) is 30.3 Å². The van der Waals surface area contributed by atoms with Crippen molar-refractivity contribution in [2.24, 2.45) is 0 Å². The van der Waals surface area contributed by atoms with Crippen LogP contribution < -0.4 is 16.0 Å². The summed E-state index contributed by atoms with van der Waals surface area (Å²) in [6, 6.07) is 13.7. The number of para-hydroxylation sites is 1. The van der Waals surface area contributed by atoms with E-state index in [0.717, 1.165) is 27.2 Å². The molecular formula is C25H28ClN5O3S. The van der Waals surface area contributed by atoms with Gasteiger partial charge >= 0.3 is 0 Å². The smallest absolute Gasteiger partial charge is 0.256 e. The fourth-order valence-electron chi connectivity index (χ4n) is 4.46. The highest BCUT2D eigenvalue weighted by atomic mass is 35.5. The molecule has 0 atom stereocenters. The van der Waals surface area contributed by atoms with Gasteiger partial charge < -0.3 is 21.1 Å². The van der Waals surface area contributed by atoms with Gasteiger partial charge in [0.15, 0.2) is 0 Å².